The molecule has 1 fully saturated rings. The third kappa shape index (κ3) is 2.13. The minimum atomic E-state index is -0.202. The van der Waals surface area contributed by atoms with E-state index >= 15 is 0 Å². The quantitative estimate of drug-likeness (QED) is 0.894. The molecule has 112 valence electrons. The highest BCUT2D eigenvalue weighted by molar-refractivity contribution is 5.96. The summed E-state index contributed by atoms with van der Waals surface area (Å²) in [5.41, 5.74) is 2.96. The number of hydrogen-bond acceptors (Lipinski definition) is 2. The van der Waals surface area contributed by atoms with Gasteiger partial charge >= 0.3 is 6.03 Å². The normalized spacial score (nSPS) is 26.1. The number of halogens is 1. The van der Waals surface area contributed by atoms with E-state index in [1.807, 2.05) is 30.5 Å². The van der Waals surface area contributed by atoms with Gasteiger partial charge in [0.05, 0.1) is 11.7 Å². The first-order chi connectivity index (χ1) is 10.7. The molecule has 0 radical (unpaired) electrons. The predicted octanol–water partition coefficient (Wildman–Crippen LogP) is 3.27. The second-order valence-corrected chi connectivity index (χ2v) is 5.80. The number of allylic oxidation sites excluding steroid dienone is 3. The van der Waals surface area contributed by atoms with Gasteiger partial charge in [0, 0.05) is 30.8 Å². The Morgan fingerprint density at radius 2 is 2.27 bits per heavy atom. The number of aliphatic imine (C=N–C) groups is 1. The summed E-state index contributed by atoms with van der Waals surface area (Å²) in [5.74, 6) is -0.0813. The Morgan fingerprint density at radius 1 is 1.36 bits per heavy atom. The van der Waals surface area contributed by atoms with Crippen LogP contribution >= 0.6 is 0 Å². The van der Waals surface area contributed by atoms with E-state index in [1.165, 1.54) is 11.6 Å². The molecule has 1 aromatic carbocycles. The van der Waals surface area contributed by atoms with Crippen molar-refractivity contribution in [1.82, 2.24) is 5.32 Å². The Kier molecular flexibility index (Phi) is 3.06. The standard InChI is InChI=1S/C17H16FN3O/c18-13-4-1-12(2-5-13)16-10-20-17(22)21(16)14-6-3-11-7-8-19-15(11)9-14/h1,3-6,8-9,12,16H,2,7,10H2,(H,20,22). The summed E-state index contributed by atoms with van der Waals surface area (Å²) < 4.78 is 13.2. The molecule has 0 aromatic heterocycles. The van der Waals surface area contributed by atoms with Crippen molar-refractivity contribution in [3.8, 4) is 0 Å². The van der Waals surface area contributed by atoms with Crippen molar-refractivity contribution in [1.29, 1.82) is 0 Å². The Morgan fingerprint density at radius 3 is 3.09 bits per heavy atom. The second-order valence-electron chi connectivity index (χ2n) is 5.80. The van der Waals surface area contributed by atoms with Crippen molar-refractivity contribution in [3.63, 3.8) is 0 Å². The van der Waals surface area contributed by atoms with Gasteiger partial charge in [-0.1, -0.05) is 12.1 Å². The molecule has 1 aromatic rings. The van der Waals surface area contributed by atoms with Gasteiger partial charge in [-0.2, -0.15) is 0 Å². The lowest BCUT2D eigenvalue weighted by Gasteiger charge is -2.29. The van der Waals surface area contributed by atoms with Gasteiger partial charge in [-0.05, 0) is 36.3 Å². The topological polar surface area (TPSA) is 44.7 Å². The molecule has 5 heteroatoms. The van der Waals surface area contributed by atoms with Crippen LogP contribution in [0.3, 0.4) is 0 Å². The zero-order valence-electron chi connectivity index (χ0n) is 12.0. The molecule has 0 spiro atoms. The lowest BCUT2D eigenvalue weighted by atomic mass is 9.91. The minimum absolute atomic E-state index is 0.00321. The van der Waals surface area contributed by atoms with Crippen molar-refractivity contribution in [2.24, 2.45) is 10.9 Å². The summed E-state index contributed by atoms with van der Waals surface area (Å²) in [7, 11) is 0. The number of fused-ring (bicyclic) bond motifs is 1. The number of amides is 2. The summed E-state index contributed by atoms with van der Waals surface area (Å²) in [5, 5.41) is 2.89. The van der Waals surface area contributed by atoms with E-state index in [0.717, 1.165) is 17.8 Å². The fourth-order valence-electron chi connectivity index (χ4n) is 3.30. The molecular formula is C17H16FN3O. The van der Waals surface area contributed by atoms with E-state index in [4.69, 9.17) is 0 Å². The van der Waals surface area contributed by atoms with Gasteiger partial charge in [-0.25, -0.2) is 9.18 Å². The van der Waals surface area contributed by atoms with Crippen LogP contribution in [0.5, 0.6) is 0 Å². The van der Waals surface area contributed by atoms with Crippen molar-refractivity contribution >= 4 is 23.6 Å². The van der Waals surface area contributed by atoms with Gasteiger partial charge in [-0.15, -0.1) is 0 Å². The molecule has 3 aliphatic rings. The molecule has 4 rings (SSSR count). The summed E-state index contributed by atoms with van der Waals surface area (Å²) in [6.07, 6.45) is 8.27. The van der Waals surface area contributed by atoms with E-state index in [2.05, 4.69) is 10.3 Å². The number of nitrogens with one attached hydrogen (secondary N) is 1. The fraction of sp³-hybridized carbons (Fsp3) is 0.294. The van der Waals surface area contributed by atoms with Crippen LogP contribution in [-0.4, -0.2) is 24.8 Å². The Balaban J connectivity index is 1.65. The zero-order valence-corrected chi connectivity index (χ0v) is 12.0. The number of hydrogen-bond donors (Lipinski definition) is 1. The molecule has 1 aliphatic carbocycles. The van der Waals surface area contributed by atoms with E-state index in [-0.39, 0.29) is 23.8 Å². The minimum Gasteiger partial charge on any atom is -0.336 e. The van der Waals surface area contributed by atoms with Crippen LogP contribution in [0.2, 0.25) is 0 Å². The number of carbonyl (C=O) groups is 1. The third-order valence-electron chi connectivity index (χ3n) is 4.48. The summed E-state index contributed by atoms with van der Waals surface area (Å²) in [6.45, 7) is 0.573. The molecule has 0 bridgehead atoms. The maximum Gasteiger partial charge on any atom is 0.322 e. The summed E-state index contributed by atoms with van der Waals surface area (Å²) in [4.78, 5) is 18.4. The van der Waals surface area contributed by atoms with Gasteiger partial charge in [0.25, 0.3) is 0 Å². The lowest BCUT2D eigenvalue weighted by molar-refractivity contribution is 0.251. The average molecular weight is 297 g/mol. The Labute approximate surface area is 128 Å². The number of benzene rings is 1. The van der Waals surface area contributed by atoms with Gasteiger partial charge in [0.1, 0.15) is 5.83 Å². The van der Waals surface area contributed by atoms with Crippen LogP contribution in [0.25, 0.3) is 0 Å². The Hall–Kier alpha value is -2.43. The predicted molar refractivity (Wildman–Crippen MR) is 84.4 cm³/mol. The van der Waals surface area contributed by atoms with Crippen molar-refractivity contribution in [3.05, 3.63) is 47.8 Å². The zero-order chi connectivity index (χ0) is 15.1. The molecule has 2 amide bonds. The smallest absolute Gasteiger partial charge is 0.322 e. The maximum atomic E-state index is 13.2. The van der Waals surface area contributed by atoms with E-state index in [1.54, 1.807) is 11.0 Å². The summed E-state index contributed by atoms with van der Waals surface area (Å²) in [6, 6.07) is 5.84. The highest BCUT2D eigenvalue weighted by atomic mass is 19.1. The molecule has 1 saturated heterocycles. The van der Waals surface area contributed by atoms with Crippen LogP contribution in [0, 0.1) is 5.92 Å². The molecule has 22 heavy (non-hydrogen) atoms. The van der Waals surface area contributed by atoms with Crippen molar-refractivity contribution in [2.75, 3.05) is 11.4 Å². The first-order valence-corrected chi connectivity index (χ1v) is 7.49. The Bertz CT molecular complexity index is 723. The highest BCUT2D eigenvalue weighted by Crippen LogP contribution is 2.34. The molecule has 2 aliphatic heterocycles. The molecular weight excluding hydrogens is 281 g/mol. The van der Waals surface area contributed by atoms with Crippen LogP contribution < -0.4 is 10.2 Å². The SMILES string of the molecule is O=C1NCC(C2C=CC(F)=CC2)N1c1ccc2c(c1)N=CC2. The fourth-order valence-corrected chi connectivity index (χ4v) is 3.30. The monoisotopic (exact) mass is 297 g/mol. The van der Waals surface area contributed by atoms with Gasteiger partial charge in [0.15, 0.2) is 0 Å². The van der Waals surface area contributed by atoms with Gasteiger partial charge in [-0.3, -0.25) is 9.89 Å². The summed E-state index contributed by atoms with van der Waals surface area (Å²) >= 11 is 0. The van der Waals surface area contributed by atoms with E-state index in [0.29, 0.717) is 13.0 Å². The largest absolute Gasteiger partial charge is 0.336 e. The number of rotatable bonds is 2. The van der Waals surface area contributed by atoms with Crippen LogP contribution in [0.1, 0.15) is 12.0 Å². The second kappa shape index (κ2) is 5.09. The van der Waals surface area contributed by atoms with E-state index < -0.39 is 0 Å². The number of urea groups is 1. The number of anilines is 1. The number of carbonyl (C=O) groups excluding carboxylic acids is 1. The van der Waals surface area contributed by atoms with Crippen molar-refractivity contribution < 1.29 is 9.18 Å². The highest BCUT2D eigenvalue weighted by Gasteiger charge is 2.37. The third-order valence-corrected chi connectivity index (χ3v) is 4.48. The van der Waals surface area contributed by atoms with Crippen LogP contribution in [0.4, 0.5) is 20.6 Å². The van der Waals surface area contributed by atoms with Crippen molar-refractivity contribution in [2.45, 2.75) is 18.9 Å². The molecule has 2 atom stereocenters. The maximum absolute atomic E-state index is 13.2. The molecule has 4 nitrogen and oxygen atoms in total. The first-order valence-electron chi connectivity index (χ1n) is 7.49. The average Bonchev–Trinajstić information content (AvgIpc) is 3.13. The lowest BCUT2D eigenvalue weighted by Crippen LogP contribution is -2.39. The van der Waals surface area contributed by atoms with Crippen LogP contribution in [0.15, 0.2) is 47.2 Å². The van der Waals surface area contributed by atoms with Gasteiger partial charge in [0.2, 0.25) is 0 Å². The first kappa shape index (κ1) is 13.2. The van der Waals surface area contributed by atoms with E-state index in [9.17, 15) is 9.18 Å². The van der Waals surface area contributed by atoms with Gasteiger partial charge < -0.3 is 5.32 Å². The molecule has 2 unspecified atom stereocenters. The number of nitrogens with zero attached hydrogens (tertiary/aromatic N) is 2. The molecule has 1 N–H and O–H groups in total. The van der Waals surface area contributed by atoms with Crippen LogP contribution in [-0.2, 0) is 6.42 Å². The molecule has 0 saturated carbocycles. The molecule has 2 heterocycles.